The topological polar surface area (TPSA) is 420 Å². The molecule has 26 heteroatoms. The number of hydrogen-bond donors (Lipinski definition) is 15. The van der Waals surface area contributed by atoms with Crippen LogP contribution in [0.1, 0.15) is 42.0 Å². The van der Waals surface area contributed by atoms with E-state index in [4.69, 9.17) is 11.5 Å². The Morgan fingerprint density at radius 2 is 0.800 bits per heavy atom. The maximum absolute atomic E-state index is 14.4. The van der Waals surface area contributed by atoms with Gasteiger partial charge in [-0.25, -0.2) is 4.79 Å². The number of carboxylic acid groups (broad SMARTS) is 1. The van der Waals surface area contributed by atoms with E-state index in [1.165, 1.54) is 67.2 Å². The molecule has 4 aromatic carbocycles. The number of nitrogens with two attached hydrogens (primary N) is 2. The van der Waals surface area contributed by atoms with Gasteiger partial charge >= 0.3 is 5.97 Å². The van der Waals surface area contributed by atoms with Crippen LogP contribution < -0.4 is 54.0 Å². The molecule has 0 heterocycles. The number of carbonyl (C=O) groups is 10. The zero-order chi connectivity index (χ0) is 58.9. The lowest BCUT2D eigenvalue weighted by Crippen LogP contribution is -2.61. The molecule has 0 fully saturated rings. The predicted molar refractivity (Wildman–Crippen MR) is 292 cm³/mol. The van der Waals surface area contributed by atoms with E-state index in [-0.39, 0.29) is 43.6 Å². The summed E-state index contributed by atoms with van der Waals surface area (Å²) in [6.45, 7) is -0.736. The van der Waals surface area contributed by atoms with Gasteiger partial charge in [-0.15, -0.1) is 0 Å². The average molecular weight is 1130 g/mol. The van der Waals surface area contributed by atoms with Gasteiger partial charge in [0.2, 0.25) is 53.2 Å². The van der Waals surface area contributed by atoms with Crippen molar-refractivity contribution in [2.24, 2.45) is 11.5 Å². The quantitative estimate of drug-likeness (QED) is 0.0236. The van der Waals surface area contributed by atoms with Gasteiger partial charge in [-0.3, -0.25) is 43.2 Å². The highest BCUT2D eigenvalue weighted by Gasteiger charge is 2.35. The maximum atomic E-state index is 14.4. The second-order valence-electron chi connectivity index (χ2n) is 18.5. The van der Waals surface area contributed by atoms with Crippen LogP contribution in [-0.4, -0.2) is 164 Å². The Morgan fingerprint density at radius 3 is 1.25 bits per heavy atom. The van der Waals surface area contributed by atoms with Gasteiger partial charge in [0.05, 0.1) is 25.7 Å². The van der Waals surface area contributed by atoms with Gasteiger partial charge in [0, 0.05) is 19.3 Å². The molecule has 0 aromatic heterocycles. The lowest BCUT2D eigenvalue weighted by atomic mass is 10.0. The summed E-state index contributed by atoms with van der Waals surface area (Å²) in [5, 5.41) is 69.2. The first-order valence-corrected chi connectivity index (χ1v) is 26.5. The summed E-state index contributed by atoms with van der Waals surface area (Å²) in [5.41, 5.74) is 13.6. The van der Waals surface area contributed by atoms with Gasteiger partial charge in [-0.05, 0) is 78.3 Å². The van der Waals surface area contributed by atoms with E-state index in [1.807, 2.05) is 0 Å². The van der Waals surface area contributed by atoms with Crippen LogP contribution in [0.5, 0.6) is 11.5 Å². The summed E-state index contributed by atoms with van der Waals surface area (Å²) in [4.78, 5) is 134. The minimum atomic E-state index is -1.80. The fourth-order valence-corrected chi connectivity index (χ4v) is 8.26. The third-order valence-electron chi connectivity index (χ3n) is 12.2. The van der Waals surface area contributed by atoms with E-state index in [1.54, 1.807) is 66.9 Å². The van der Waals surface area contributed by atoms with Crippen LogP contribution in [0, 0.1) is 0 Å². The number of carbonyl (C=O) groups excluding carboxylic acids is 9. The minimum Gasteiger partial charge on any atom is -0.508 e. The summed E-state index contributed by atoms with van der Waals surface area (Å²) in [6.07, 6.45) is 0.323. The number of carboxylic acids is 1. The van der Waals surface area contributed by atoms with Gasteiger partial charge in [0.25, 0.3) is 0 Å². The SMILES string of the molecule is CSCC[C@H](NC(=O)[C@H](C)NC(=O)[C@H](CO)NC(=O)[C@H](Cc1ccccc1)NC(=O)[C@H](Cc1ccc(O)cc1)NC(=O)[C@H](CC(N)=O)NC(=O)[C@H](CO)NC(=O)[C@@H](N)Cc1ccccc1)C(=O)N[C@@H](Cc1ccc(O)cc1)C(=O)O. The number of aliphatic carboxylic acids is 1. The number of hydrogen-bond acceptors (Lipinski definition) is 16. The van der Waals surface area contributed by atoms with Crippen molar-refractivity contribution in [3.63, 3.8) is 0 Å². The molecule has 0 saturated carbocycles. The molecule has 9 amide bonds. The number of nitrogens with one attached hydrogen (secondary N) is 8. The molecule has 430 valence electrons. The summed E-state index contributed by atoms with van der Waals surface area (Å²) in [7, 11) is 0. The number of primary amides is 1. The molecule has 0 unspecified atom stereocenters. The first kappa shape index (κ1) is 63.9. The Morgan fingerprint density at radius 1 is 0.450 bits per heavy atom. The van der Waals surface area contributed by atoms with Crippen LogP contribution in [-0.2, 0) is 73.6 Å². The van der Waals surface area contributed by atoms with Gasteiger partial charge in [-0.1, -0.05) is 84.9 Å². The zero-order valence-corrected chi connectivity index (χ0v) is 44.7. The number of amides is 9. The highest BCUT2D eigenvalue weighted by molar-refractivity contribution is 7.98. The Bertz CT molecular complexity index is 2740. The Labute approximate surface area is 464 Å². The largest absolute Gasteiger partial charge is 0.508 e. The van der Waals surface area contributed by atoms with Crippen LogP contribution in [0.15, 0.2) is 109 Å². The predicted octanol–water partition coefficient (Wildman–Crippen LogP) is -2.71. The Hall–Kier alpha value is -8.59. The summed E-state index contributed by atoms with van der Waals surface area (Å²) >= 11 is 1.34. The van der Waals surface area contributed by atoms with Crippen molar-refractivity contribution in [3.05, 3.63) is 131 Å². The van der Waals surface area contributed by atoms with E-state index >= 15 is 0 Å². The maximum Gasteiger partial charge on any atom is 0.326 e. The zero-order valence-electron chi connectivity index (χ0n) is 43.8. The summed E-state index contributed by atoms with van der Waals surface area (Å²) in [6, 6.07) is 14.4. The summed E-state index contributed by atoms with van der Waals surface area (Å²) < 4.78 is 0. The van der Waals surface area contributed by atoms with Crippen molar-refractivity contribution in [1.82, 2.24) is 42.5 Å². The first-order chi connectivity index (χ1) is 38.1. The molecule has 0 aliphatic rings. The van der Waals surface area contributed by atoms with Crippen molar-refractivity contribution >= 4 is 70.9 Å². The van der Waals surface area contributed by atoms with Crippen molar-refractivity contribution in [2.75, 3.05) is 25.2 Å². The fourth-order valence-electron chi connectivity index (χ4n) is 7.78. The molecular weight excluding hydrogens is 1060 g/mol. The van der Waals surface area contributed by atoms with Crippen LogP contribution in [0.25, 0.3) is 0 Å². The molecule has 17 N–H and O–H groups in total. The number of phenols is 2. The number of aliphatic hydroxyl groups is 2. The minimum absolute atomic E-state index is 0.0452. The van der Waals surface area contributed by atoms with Crippen molar-refractivity contribution in [1.29, 1.82) is 0 Å². The smallest absolute Gasteiger partial charge is 0.326 e. The standard InChI is InChI=1S/C54H68N10O15S/c1-30(46(70)58-38(21-22-80-2)48(72)62-42(54(78)79)26-34-15-19-36(68)20-16-34)57-52(76)43(28-65)64-50(74)39(24-32-11-7-4-8-12-32)59-49(73)40(25-33-13-17-35(67)18-14-33)60-51(75)41(27-45(56)69)61-53(77)44(29-66)63-47(71)37(55)23-31-9-5-3-6-10-31/h3-20,30,37-44,65-68H,21-29,55H2,1-2H3,(H2,56,69)(H,57,76)(H,58,70)(H,59,73)(H,60,75)(H,61,77)(H,62,72)(H,63,71)(H,64,74)(H,78,79)/t30-,37-,38-,39-,40-,41-,42-,43-,44-/m0/s1. The van der Waals surface area contributed by atoms with E-state index in [0.29, 0.717) is 28.0 Å². The monoisotopic (exact) mass is 1130 g/mol. The fraction of sp³-hybridized carbons (Fsp3) is 0.370. The van der Waals surface area contributed by atoms with Gasteiger partial charge in [0.1, 0.15) is 59.8 Å². The molecule has 9 atom stereocenters. The van der Waals surface area contributed by atoms with Crippen molar-refractivity contribution in [3.8, 4) is 11.5 Å². The van der Waals surface area contributed by atoms with E-state index < -0.39 is 133 Å². The number of rotatable bonds is 32. The number of aliphatic hydroxyl groups excluding tert-OH is 2. The number of benzene rings is 4. The van der Waals surface area contributed by atoms with E-state index in [0.717, 1.165) is 0 Å². The second-order valence-corrected chi connectivity index (χ2v) is 19.5. The van der Waals surface area contributed by atoms with E-state index in [2.05, 4.69) is 42.5 Å². The molecule has 0 bridgehead atoms. The molecule has 0 radical (unpaired) electrons. The van der Waals surface area contributed by atoms with E-state index in [9.17, 15) is 73.5 Å². The molecule has 0 aliphatic carbocycles. The van der Waals surface area contributed by atoms with Gasteiger partial charge < -0.3 is 79.5 Å². The molecule has 80 heavy (non-hydrogen) atoms. The van der Waals surface area contributed by atoms with Crippen LogP contribution in [0.3, 0.4) is 0 Å². The molecule has 0 spiro atoms. The average Bonchev–Trinajstić information content (AvgIpc) is 3.44. The van der Waals surface area contributed by atoms with Crippen molar-refractivity contribution in [2.45, 2.75) is 99.8 Å². The lowest BCUT2D eigenvalue weighted by molar-refractivity contribution is -0.142. The van der Waals surface area contributed by atoms with Gasteiger partial charge in [-0.2, -0.15) is 11.8 Å². The molecule has 0 saturated heterocycles. The number of thioether (sulfide) groups is 1. The molecule has 4 aromatic rings. The van der Waals surface area contributed by atoms with Crippen LogP contribution >= 0.6 is 11.8 Å². The third-order valence-corrected chi connectivity index (χ3v) is 12.9. The van der Waals surface area contributed by atoms with Crippen molar-refractivity contribution < 1.29 is 73.5 Å². The van der Waals surface area contributed by atoms with Gasteiger partial charge in [0.15, 0.2) is 0 Å². The molecular formula is C54H68N10O15S. The first-order valence-electron chi connectivity index (χ1n) is 25.1. The lowest BCUT2D eigenvalue weighted by Gasteiger charge is -2.27. The normalized spacial score (nSPS) is 14.3. The highest BCUT2D eigenvalue weighted by Crippen LogP contribution is 2.15. The second kappa shape index (κ2) is 32.3. The number of phenolic OH excluding ortho intramolecular Hbond substituents is 2. The third kappa shape index (κ3) is 21.3. The van der Waals surface area contributed by atoms with Crippen LogP contribution in [0.4, 0.5) is 0 Å². The van der Waals surface area contributed by atoms with Crippen LogP contribution in [0.2, 0.25) is 0 Å². The molecule has 0 aliphatic heterocycles. The Balaban J connectivity index is 1.51. The summed E-state index contributed by atoms with van der Waals surface area (Å²) in [5.74, 6) is -10.2. The Kier molecular flexibility index (Phi) is 25.9. The highest BCUT2D eigenvalue weighted by atomic mass is 32.2. The molecule has 25 nitrogen and oxygen atoms in total. The molecule has 4 rings (SSSR count). The number of aromatic hydroxyl groups is 2.